The molecule has 0 aliphatic heterocycles. The summed E-state index contributed by atoms with van der Waals surface area (Å²) in [5, 5.41) is 0.479. The van der Waals surface area contributed by atoms with E-state index in [9.17, 15) is 4.79 Å². The zero-order valence-corrected chi connectivity index (χ0v) is 8.91. The third-order valence-corrected chi connectivity index (χ3v) is 2.93. The zero-order chi connectivity index (χ0) is 9.52. The fraction of sp³-hybridized carbons (Fsp3) is 0.667. The van der Waals surface area contributed by atoms with Crippen LogP contribution in [-0.4, -0.2) is 5.24 Å². The smallest absolute Gasteiger partial charge is 0.225 e. The zero-order valence-electron chi connectivity index (χ0n) is 7.40. The SMILES string of the molecule is C/C(Cl)=C/C1C(C(=O)Cl)C1(C)C. The van der Waals surface area contributed by atoms with Crippen molar-refractivity contribution in [2.24, 2.45) is 17.3 Å². The van der Waals surface area contributed by atoms with Crippen molar-refractivity contribution < 1.29 is 4.79 Å². The van der Waals surface area contributed by atoms with Crippen molar-refractivity contribution in [2.75, 3.05) is 0 Å². The normalized spacial score (nSPS) is 33.2. The maximum atomic E-state index is 10.9. The highest BCUT2D eigenvalue weighted by Crippen LogP contribution is 2.60. The van der Waals surface area contributed by atoms with Crippen LogP contribution in [0, 0.1) is 17.3 Å². The molecule has 1 rings (SSSR count). The number of hydrogen-bond acceptors (Lipinski definition) is 1. The summed E-state index contributed by atoms with van der Waals surface area (Å²) in [7, 11) is 0. The first-order chi connectivity index (χ1) is 5.37. The first-order valence-corrected chi connectivity index (χ1v) is 4.66. The minimum absolute atomic E-state index is 0.00498. The van der Waals surface area contributed by atoms with Gasteiger partial charge in [-0.15, -0.1) is 0 Å². The Labute approximate surface area is 82.7 Å². The average Bonchev–Trinajstić information content (AvgIpc) is 2.32. The fourth-order valence-electron chi connectivity index (χ4n) is 1.67. The molecule has 1 saturated carbocycles. The van der Waals surface area contributed by atoms with Gasteiger partial charge in [-0.05, 0) is 29.9 Å². The molecule has 0 spiro atoms. The second kappa shape index (κ2) is 3.04. The van der Waals surface area contributed by atoms with Gasteiger partial charge < -0.3 is 0 Å². The van der Waals surface area contributed by atoms with Gasteiger partial charge in [-0.2, -0.15) is 0 Å². The predicted molar refractivity (Wildman–Crippen MR) is 51.2 cm³/mol. The van der Waals surface area contributed by atoms with Crippen LogP contribution in [0.25, 0.3) is 0 Å². The monoisotopic (exact) mass is 206 g/mol. The largest absolute Gasteiger partial charge is 0.281 e. The quantitative estimate of drug-likeness (QED) is 0.635. The van der Waals surface area contributed by atoms with Crippen molar-refractivity contribution >= 4 is 28.4 Å². The van der Waals surface area contributed by atoms with E-state index in [1.165, 1.54) is 0 Å². The fourth-order valence-corrected chi connectivity index (χ4v) is 2.22. The molecule has 0 amide bonds. The molecule has 0 bridgehead atoms. The lowest BCUT2D eigenvalue weighted by Crippen LogP contribution is -1.96. The van der Waals surface area contributed by atoms with Crippen LogP contribution in [0.4, 0.5) is 0 Å². The Balaban J connectivity index is 2.73. The van der Waals surface area contributed by atoms with Crippen LogP contribution < -0.4 is 0 Å². The van der Waals surface area contributed by atoms with Gasteiger partial charge in [0.25, 0.3) is 0 Å². The van der Waals surface area contributed by atoms with E-state index in [0.717, 1.165) is 5.03 Å². The highest BCUT2D eigenvalue weighted by atomic mass is 35.5. The van der Waals surface area contributed by atoms with Crippen molar-refractivity contribution in [3.63, 3.8) is 0 Å². The number of halogens is 2. The van der Waals surface area contributed by atoms with Gasteiger partial charge in [-0.25, -0.2) is 0 Å². The number of hydrogen-bond donors (Lipinski definition) is 0. The second-order valence-corrected chi connectivity index (χ2v) is 4.85. The van der Waals surface area contributed by atoms with E-state index in [0.29, 0.717) is 0 Å². The Morgan fingerprint density at radius 1 is 1.42 bits per heavy atom. The van der Waals surface area contributed by atoms with Crippen LogP contribution in [0.2, 0.25) is 0 Å². The van der Waals surface area contributed by atoms with Crippen LogP contribution in [-0.2, 0) is 4.79 Å². The van der Waals surface area contributed by atoms with Gasteiger partial charge in [-0.1, -0.05) is 31.5 Å². The number of carbonyl (C=O) groups excluding carboxylic acids is 1. The van der Waals surface area contributed by atoms with Crippen LogP contribution in [0.15, 0.2) is 11.1 Å². The molecular weight excluding hydrogens is 195 g/mol. The Kier molecular flexibility index (Phi) is 2.55. The maximum Gasteiger partial charge on any atom is 0.225 e. The highest BCUT2D eigenvalue weighted by Gasteiger charge is 2.59. The molecule has 1 nitrogen and oxygen atoms in total. The van der Waals surface area contributed by atoms with Crippen molar-refractivity contribution in [2.45, 2.75) is 20.8 Å². The first-order valence-electron chi connectivity index (χ1n) is 3.90. The van der Waals surface area contributed by atoms with E-state index >= 15 is 0 Å². The van der Waals surface area contributed by atoms with Gasteiger partial charge >= 0.3 is 0 Å². The summed E-state index contributed by atoms with van der Waals surface area (Å²) in [5.41, 5.74) is -0.00498. The summed E-state index contributed by atoms with van der Waals surface area (Å²) in [6, 6.07) is 0. The van der Waals surface area contributed by atoms with Crippen LogP contribution >= 0.6 is 23.2 Å². The number of carbonyl (C=O) groups is 1. The van der Waals surface area contributed by atoms with Gasteiger partial charge in [0.1, 0.15) is 0 Å². The summed E-state index contributed by atoms with van der Waals surface area (Å²) < 4.78 is 0. The second-order valence-electron chi connectivity index (χ2n) is 3.88. The van der Waals surface area contributed by atoms with E-state index in [-0.39, 0.29) is 22.5 Å². The van der Waals surface area contributed by atoms with E-state index in [1.54, 1.807) is 0 Å². The van der Waals surface area contributed by atoms with E-state index in [2.05, 4.69) is 0 Å². The minimum atomic E-state index is -0.251. The molecule has 1 fully saturated rings. The first kappa shape index (κ1) is 10.1. The third-order valence-electron chi connectivity index (χ3n) is 2.56. The molecule has 1 aliphatic rings. The Morgan fingerprint density at radius 3 is 2.17 bits per heavy atom. The predicted octanol–water partition coefficient (Wildman–Crippen LogP) is 3.17. The lowest BCUT2D eigenvalue weighted by atomic mass is 10.1. The number of rotatable bonds is 2. The van der Waals surface area contributed by atoms with Crippen molar-refractivity contribution in [1.29, 1.82) is 0 Å². The summed E-state index contributed by atoms with van der Waals surface area (Å²) >= 11 is 11.1. The molecule has 0 saturated heterocycles. The number of allylic oxidation sites excluding steroid dienone is 2. The minimum Gasteiger partial charge on any atom is -0.281 e. The maximum absolute atomic E-state index is 10.9. The average molecular weight is 207 g/mol. The van der Waals surface area contributed by atoms with E-state index < -0.39 is 0 Å². The summed E-state index contributed by atoms with van der Waals surface area (Å²) in [4.78, 5) is 10.9. The van der Waals surface area contributed by atoms with Crippen molar-refractivity contribution in [3.8, 4) is 0 Å². The lowest BCUT2D eigenvalue weighted by molar-refractivity contribution is -0.113. The summed E-state index contributed by atoms with van der Waals surface area (Å²) in [6.45, 7) is 5.86. The van der Waals surface area contributed by atoms with Crippen molar-refractivity contribution in [1.82, 2.24) is 0 Å². The third kappa shape index (κ3) is 1.67. The molecule has 2 unspecified atom stereocenters. The van der Waals surface area contributed by atoms with Gasteiger partial charge in [0.15, 0.2) is 0 Å². The van der Waals surface area contributed by atoms with Crippen LogP contribution in [0.3, 0.4) is 0 Å². The standard InChI is InChI=1S/C9H12Cl2O/c1-5(10)4-6-7(8(11)12)9(6,2)3/h4,6-7H,1-3H3/b5-4-. The van der Waals surface area contributed by atoms with E-state index in [1.807, 2.05) is 26.8 Å². The molecule has 0 heterocycles. The molecular formula is C9H12Cl2O. The van der Waals surface area contributed by atoms with Gasteiger partial charge in [0.2, 0.25) is 5.24 Å². The molecule has 3 heteroatoms. The lowest BCUT2D eigenvalue weighted by Gasteiger charge is -1.96. The van der Waals surface area contributed by atoms with Crippen LogP contribution in [0.5, 0.6) is 0 Å². The molecule has 68 valence electrons. The molecule has 0 radical (unpaired) electrons. The van der Waals surface area contributed by atoms with Crippen molar-refractivity contribution in [3.05, 3.63) is 11.1 Å². The molecule has 0 aromatic carbocycles. The Morgan fingerprint density at radius 2 is 1.92 bits per heavy atom. The molecule has 12 heavy (non-hydrogen) atoms. The van der Waals surface area contributed by atoms with Gasteiger partial charge in [0.05, 0.1) is 0 Å². The van der Waals surface area contributed by atoms with Crippen LogP contribution in [0.1, 0.15) is 20.8 Å². The molecule has 0 aromatic rings. The van der Waals surface area contributed by atoms with Gasteiger partial charge in [0, 0.05) is 11.0 Å². The highest BCUT2D eigenvalue weighted by molar-refractivity contribution is 6.64. The summed E-state index contributed by atoms with van der Waals surface area (Å²) in [5.74, 6) is 0.174. The summed E-state index contributed by atoms with van der Waals surface area (Å²) in [6.07, 6.45) is 1.91. The van der Waals surface area contributed by atoms with Gasteiger partial charge in [-0.3, -0.25) is 4.79 Å². The molecule has 2 atom stereocenters. The molecule has 0 N–H and O–H groups in total. The molecule has 0 aromatic heterocycles. The van der Waals surface area contributed by atoms with E-state index in [4.69, 9.17) is 23.2 Å². The Hall–Kier alpha value is -0.0100. The Bertz CT molecular complexity index is 239. The molecule has 1 aliphatic carbocycles. The topological polar surface area (TPSA) is 17.1 Å².